The summed E-state index contributed by atoms with van der Waals surface area (Å²) in [7, 11) is 2.69. The smallest absolute Gasteiger partial charge is 0.411 e. The first kappa shape index (κ1) is 57.8. The van der Waals surface area contributed by atoms with Crippen molar-refractivity contribution in [3.05, 3.63) is 231 Å². The summed E-state index contributed by atoms with van der Waals surface area (Å²) < 4.78 is 15.1. The summed E-state index contributed by atoms with van der Waals surface area (Å²) in [6.45, 7) is 20.4. The number of hydrogen-bond acceptors (Lipinski definition) is 11. The molecule has 0 radical (unpaired) electrons. The number of rotatable bonds is 8. The SMILES string of the molecule is C.C=C=C=C=C=C=C=C=C=C=C=C=C=C=C=C=C.C=Cc1ccc2c(c1)C(=NO[C@@H]1C[C@@H](C(=O)OC)N(C(=O)OC(C)(C)C)C1)c1ccccc1-2.C=Cc1ccc2c(c1)C(=NO[C@H]1CN[C@H](C(=O)OC)C1)c1ccccc1-2. The highest BCUT2D eigenvalue weighted by atomic mass is 16.6. The van der Waals surface area contributed by atoms with E-state index in [4.69, 9.17) is 23.9 Å². The van der Waals surface area contributed by atoms with Gasteiger partial charge in [0.15, 0.2) is 0 Å². The number of oxime groups is 2. The minimum atomic E-state index is -0.787. The molecule has 77 heavy (non-hydrogen) atoms. The number of fused-ring (bicyclic) bond motifs is 6. The second kappa shape index (κ2) is 28.4. The van der Waals surface area contributed by atoms with Crippen molar-refractivity contribution >= 4 is 41.6 Å². The van der Waals surface area contributed by atoms with E-state index in [0.717, 1.165) is 67.1 Å². The number of carbonyl (C=O) groups excluding carboxylic acids is 3. The van der Waals surface area contributed by atoms with Gasteiger partial charge in [0.1, 0.15) is 41.3 Å². The Labute approximate surface area is 449 Å². The van der Waals surface area contributed by atoms with Gasteiger partial charge in [-0.2, -0.15) is 0 Å². The molecule has 12 nitrogen and oxygen atoms in total. The number of esters is 2. The van der Waals surface area contributed by atoms with E-state index in [0.29, 0.717) is 13.0 Å². The van der Waals surface area contributed by atoms with Gasteiger partial charge in [0.05, 0.1) is 20.8 Å². The fourth-order valence-electron chi connectivity index (χ4n) is 8.12. The Morgan fingerprint density at radius 2 is 1.00 bits per heavy atom. The molecule has 1 amide bonds. The van der Waals surface area contributed by atoms with Crippen LogP contribution in [-0.2, 0) is 33.5 Å². The second-order valence-electron chi connectivity index (χ2n) is 17.5. The first-order valence-electron chi connectivity index (χ1n) is 23.7. The lowest BCUT2D eigenvalue weighted by Crippen LogP contribution is -2.44. The van der Waals surface area contributed by atoms with Crippen LogP contribution in [0.5, 0.6) is 0 Å². The molecular formula is C65H56N4O8. The highest BCUT2D eigenvalue weighted by Crippen LogP contribution is 2.39. The van der Waals surface area contributed by atoms with Gasteiger partial charge in [-0.3, -0.25) is 9.69 Å². The zero-order chi connectivity index (χ0) is 54.5. The summed E-state index contributed by atoms with van der Waals surface area (Å²) in [4.78, 5) is 49.7. The van der Waals surface area contributed by atoms with E-state index in [9.17, 15) is 14.4 Å². The van der Waals surface area contributed by atoms with Crippen LogP contribution in [0.4, 0.5) is 4.79 Å². The van der Waals surface area contributed by atoms with Crippen LogP contribution in [0, 0.1) is 0 Å². The minimum Gasteiger partial charge on any atom is -0.468 e. The number of amides is 1. The predicted octanol–water partition coefficient (Wildman–Crippen LogP) is 11.4. The van der Waals surface area contributed by atoms with Crippen molar-refractivity contribution in [1.29, 1.82) is 0 Å². The van der Waals surface area contributed by atoms with Crippen molar-refractivity contribution in [2.45, 2.75) is 70.9 Å². The molecule has 12 heteroatoms. The Morgan fingerprint density at radius 3 is 1.42 bits per heavy atom. The van der Waals surface area contributed by atoms with Crippen LogP contribution in [0.1, 0.15) is 74.4 Å². The fraction of sp³-hybridized carbons (Fsp3) is 0.231. The van der Waals surface area contributed by atoms with Crippen LogP contribution in [0.3, 0.4) is 0 Å². The zero-order valence-electron chi connectivity index (χ0n) is 42.8. The van der Waals surface area contributed by atoms with E-state index in [1.54, 1.807) is 26.8 Å². The van der Waals surface area contributed by atoms with Gasteiger partial charge in [-0.1, -0.05) is 127 Å². The summed E-state index contributed by atoms with van der Waals surface area (Å²) in [5, 5.41) is 12.1. The first-order valence-corrected chi connectivity index (χ1v) is 23.7. The second-order valence-corrected chi connectivity index (χ2v) is 17.5. The van der Waals surface area contributed by atoms with Crippen LogP contribution in [0.2, 0.25) is 0 Å². The standard InChI is InChI=1S/C26H28N2O5.C21H20N2O3.C17H4.CH4/c1-6-16-11-12-19-18-9-7-8-10-20(18)23(21(19)13-16)27-33-17-14-22(24(29)31-5)28(15-17)25(30)32-26(2,3)4;1-3-13-8-9-16-15-6-4-5-7-17(15)20(18(16)10-13)23-26-14-11-19(22-12-14)21(24)25-2;1-3-5-7-9-11-13-15-17-16-14-12-10-8-6-4-2;/h6-13,17,22H,1,14-15H2,2-5H3;3-10,14,19,22H,1,11-12H2,2H3;1-2H2;1H4/t17-,22+;14-,19+;;/m11../s1. The quantitative estimate of drug-likeness (QED) is 0.0683. The van der Waals surface area contributed by atoms with Gasteiger partial charge in [0.2, 0.25) is 0 Å². The number of carbonyl (C=O) groups is 3. The van der Waals surface area contributed by atoms with E-state index in [1.807, 2.05) is 54.6 Å². The first-order chi connectivity index (χ1) is 36.8. The van der Waals surface area contributed by atoms with Gasteiger partial charge in [-0.25, -0.2) is 9.59 Å². The van der Waals surface area contributed by atoms with Gasteiger partial charge in [-0.15, -0.1) is 0 Å². The summed E-state index contributed by atoms with van der Waals surface area (Å²) in [5.41, 5.74) is 48.3. The Kier molecular flexibility index (Phi) is 21.3. The van der Waals surface area contributed by atoms with Crippen LogP contribution < -0.4 is 5.32 Å². The largest absolute Gasteiger partial charge is 0.468 e. The number of ether oxygens (including phenoxy) is 3. The van der Waals surface area contributed by atoms with E-state index in [1.165, 1.54) is 19.1 Å². The van der Waals surface area contributed by atoms with Gasteiger partial charge in [0, 0.05) is 41.6 Å². The van der Waals surface area contributed by atoms with Crippen molar-refractivity contribution in [3.8, 4) is 22.3 Å². The lowest BCUT2D eigenvalue weighted by molar-refractivity contribution is -0.146. The van der Waals surface area contributed by atoms with E-state index in [2.05, 4.69) is 164 Å². The Hall–Kier alpha value is -10.1. The lowest BCUT2D eigenvalue weighted by atomic mass is 10.0. The molecule has 2 aliphatic carbocycles. The number of methoxy groups -OCH3 is 2. The molecule has 2 saturated heterocycles. The molecule has 1 N–H and O–H groups in total. The molecule has 0 aromatic heterocycles. The highest BCUT2D eigenvalue weighted by Gasteiger charge is 2.44. The maximum absolute atomic E-state index is 12.7. The molecule has 2 aliphatic heterocycles. The molecule has 4 aliphatic rings. The van der Waals surface area contributed by atoms with Crippen LogP contribution in [0.25, 0.3) is 34.4 Å². The molecular weight excluding hydrogens is 965 g/mol. The van der Waals surface area contributed by atoms with Crippen molar-refractivity contribution < 1.29 is 38.3 Å². The normalized spacial score (nSPS) is 16.9. The Balaban J connectivity index is 0.000000223. The number of nitrogens with zero attached hydrogens (tertiary/aromatic N) is 3. The predicted molar refractivity (Wildman–Crippen MR) is 297 cm³/mol. The van der Waals surface area contributed by atoms with Gasteiger partial charge >= 0.3 is 18.0 Å². The van der Waals surface area contributed by atoms with Crippen molar-refractivity contribution in [2.24, 2.45) is 10.3 Å². The van der Waals surface area contributed by atoms with Crippen molar-refractivity contribution in [1.82, 2.24) is 10.2 Å². The molecule has 0 saturated carbocycles. The third kappa shape index (κ3) is 15.5. The zero-order valence-corrected chi connectivity index (χ0v) is 42.8. The maximum atomic E-state index is 12.7. The molecule has 4 aromatic carbocycles. The third-order valence-corrected chi connectivity index (χ3v) is 11.5. The molecule has 0 spiro atoms. The average molecular weight is 1020 g/mol. The highest BCUT2D eigenvalue weighted by molar-refractivity contribution is 6.25. The molecule has 4 aromatic rings. The molecule has 4 atom stereocenters. The summed E-state index contributed by atoms with van der Waals surface area (Å²) in [6.07, 6.45) is 3.21. The minimum absolute atomic E-state index is 0. The van der Waals surface area contributed by atoms with Crippen LogP contribution >= 0.6 is 0 Å². The third-order valence-electron chi connectivity index (χ3n) is 11.5. The van der Waals surface area contributed by atoms with E-state index in [-0.39, 0.29) is 38.5 Å². The molecule has 384 valence electrons. The molecule has 0 unspecified atom stereocenters. The molecule has 0 bridgehead atoms. The number of benzene rings is 4. The van der Waals surface area contributed by atoms with Gasteiger partial charge in [0.25, 0.3) is 0 Å². The number of likely N-dealkylation sites (tertiary alicyclic amines) is 1. The van der Waals surface area contributed by atoms with E-state index < -0.39 is 29.8 Å². The van der Waals surface area contributed by atoms with Gasteiger partial charge < -0.3 is 29.2 Å². The topological polar surface area (TPSA) is 137 Å². The monoisotopic (exact) mass is 1020 g/mol. The molecule has 2 fully saturated rings. The Morgan fingerprint density at radius 1 is 0.584 bits per heavy atom. The fourth-order valence-corrected chi connectivity index (χ4v) is 8.12. The number of nitrogens with one attached hydrogen (secondary N) is 1. The Bertz CT molecular complexity index is 3560. The van der Waals surface area contributed by atoms with Crippen LogP contribution in [-0.4, -0.2) is 91.6 Å². The lowest BCUT2D eigenvalue weighted by Gasteiger charge is -2.27. The summed E-state index contributed by atoms with van der Waals surface area (Å²) in [5.74, 6) is -0.775. The summed E-state index contributed by atoms with van der Waals surface area (Å²) >= 11 is 0. The summed E-state index contributed by atoms with van der Waals surface area (Å²) in [6, 6.07) is 27.4. The molecule has 8 rings (SSSR count). The van der Waals surface area contributed by atoms with Crippen molar-refractivity contribution in [3.63, 3.8) is 0 Å². The van der Waals surface area contributed by atoms with Gasteiger partial charge in [-0.05, 0) is 154 Å². The van der Waals surface area contributed by atoms with Crippen molar-refractivity contribution in [2.75, 3.05) is 27.3 Å². The molecule has 2 heterocycles. The van der Waals surface area contributed by atoms with Crippen LogP contribution in [0.15, 0.2) is 208 Å². The average Bonchev–Trinajstić information content (AvgIpc) is 4.27. The maximum Gasteiger partial charge on any atom is 0.411 e. The van der Waals surface area contributed by atoms with E-state index >= 15 is 0 Å². The number of hydrogen-bond donors (Lipinski definition) is 1.